The second-order valence-electron chi connectivity index (χ2n) is 6.89. The highest BCUT2D eigenvalue weighted by Gasteiger charge is 2.23. The molecule has 0 spiro atoms. The van der Waals surface area contributed by atoms with Crippen LogP contribution in [0.15, 0.2) is 54.9 Å². The molecule has 0 bridgehead atoms. The summed E-state index contributed by atoms with van der Waals surface area (Å²) >= 11 is 6.04. The topological polar surface area (TPSA) is 74.2 Å². The van der Waals surface area contributed by atoms with E-state index in [1.807, 2.05) is 24.3 Å². The number of benzene rings is 1. The lowest BCUT2D eigenvalue weighted by molar-refractivity contribution is -0.130. The van der Waals surface area contributed by atoms with E-state index >= 15 is 0 Å². The number of carbonyl (C=O) groups excluding carboxylic acids is 1. The maximum Gasteiger partial charge on any atom is 0.227 e. The summed E-state index contributed by atoms with van der Waals surface area (Å²) in [5, 5.41) is 11.9. The first-order chi connectivity index (χ1) is 14.6. The average molecular weight is 427 g/mol. The Kier molecular flexibility index (Phi) is 6.04. The molecule has 1 N–H and O–H groups in total. The van der Waals surface area contributed by atoms with E-state index in [4.69, 9.17) is 11.6 Å². The van der Waals surface area contributed by atoms with Crippen molar-refractivity contribution in [3.05, 3.63) is 71.3 Å². The van der Waals surface area contributed by atoms with Gasteiger partial charge in [0.25, 0.3) is 0 Å². The first-order valence-corrected chi connectivity index (χ1v) is 9.94. The van der Waals surface area contributed by atoms with E-state index in [2.05, 4.69) is 25.4 Å². The van der Waals surface area contributed by atoms with Gasteiger partial charge in [-0.2, -0.15) is 0 Å². The Bertz CT molecular complexity index is 990. The Balaban J connectivity index is 1.32. The van der Waals surface area contributed by atoms with E-state index < -0.39 is 5.82 Å². The molecule has 1 aromatic carbocycles. The number of pyridine rings is 1. The van der Waals surface area contributed by atoms with Crippen LogP contribution in [0.4, 0.5) is 21.7 Å². The number of piperazine rings is 1. The molecular weight excluding hydrogens is 407 g/mol. The van der Waals surface area contributed by atoms with E-state index in [-0.39, 0.29) is 22.9 Å². The Labute approximate surface area is 178 Å². The summed E-state index contributed by atoms with van der Waals surface area (Å²) in [5.41, 5.74) is 1.08. The van der Waals surface area contributed by atoms with Gasteiger partial charge in [-0.05, 0) is 36.4 Å². The average Bonchev–Trinajstić information content (AvgIpc) is 2.78. The van der Waals surface area contributed by atoms with Gasteiger partial charge < -0.3 is 15.1 Å². The Morgan fingerprint density at radius 1 is 1.07 bits per heavy atom. The summed E-state index contributed by atoms with van der Waals surface area (Å²) in [6.07, 6.45) is 3.37. The van der Waals surface area contributed by atoms with Crippen molar-refractivity contribution in [1.82, 2.24) is 20.1 Å². The normalized spacial score (nSPS) is 13.9. The number of halogens is 2. The number of aromatic nitrogens is 3. The minimum Gasteiger partial charge on any atom is -0.352 e. The standard InChI is InChI=1S/C21H20ClFN6O/c22-17-4-1-5-18(23)16(17)13-21(30)29-11-9-28(10-12-29)20-7-6-19(26-27-20)25-15-3-2-8-24-14-15/h1-8,14H,9-13H2,(H,25,26). The van der Waals surface area contributed by atoms with E-state index in [1.54, 1.807) is 23.4 Å². The van der Waals surface area contributed by atoms with Gasteiger partial charge in [-0.25, -0.2) is 4.39 Å². The predicted octanol–water partition coefficient (Wildman–Crippen LogP) is 3.30. The fraction of sp³-hybridized carbons (Fsp3) is 0.238. The maximum atomic E-state index is 13.9. The summed E-state index contributed by atoms with van der Waals surface area (Å²) < 4.78 is 13.9. The molecular formula is C21H20ClFN6O. The highest BCUT2D eigenvalue weighted by Crippen LogP contribution is 2.21. The molecule has 0 unspecified atom stereocenters. The SMILES string of the molecule is O=C(Cc1c(F)cccc1Cl)N1CCN(c2ccc(Nc3cccnc3)nn2)CC1. The van der Waals surface area contributed by atoms with Gasteiger partial charge in [0.15, 0.2) is 11.6 Å². The molecule has 30 heavy (non-hydrogen) atoms. The molecule has 7 nitrogen and oxygen atoms in total. The molecule has 1 fully saturated rings. The highest BCUT2D eigenvalue weighted by atomic mass is 35.5. The summed E-state index contributed by atoms with van der Waals surface area (Å²) in [4.78, 5) is 20.4. The Morgan fingerprint density at radius 2 is 1.90 bits per heavy atom. The molecule has 0 atom stereocenters. The van der Waals surface area contributed by atoms with E-state index in [0.29, 0.717) is 32.0 Å². The molecule has 1 amide bonds. The van der Waals surface area contributed by atoms with E-state index in [9.17, 15) is 9.18 Å². The van der Waals surface area contributed by atoms with Gasteiger partial charge >= 0.3 is 0 Å². The Hall–Kier alpha value is -3.26. The van der Waals surface area contributed by atoms with Crippen molar-refractivity contribution in [3.63, 3.8) is 0 Å². The lowest BCUT2D eigenvalue weighted by atomic mass is 10.1. The molecule has 9 heteroatoms. The summed E-state index contributed by atoms with van der Waals surface area (Å²) in [6.45, 7) is 2.31. The molecule has 3 heterocycles. The van der Waals surface area contributed by atoms with Gasteiger partial charge in [0.05, 0.1) is 18.3 Å². The van der Waals surface area contributed by atoms with E-state index in [1.165, 1.54) is 12.1 Å². The van der Waals surface area contributed by atoms with Crippen LogP contribution in [0.1, 0.15) is 5.56 Å². The smallest absolute Gasteiger partial charge is 0.227 e. The number of carbonyl (C=O) groups is 1. The van der Waals surface area contributed by atoms with Crippen molar-refractivity contribution in [2.24, 2.45) is 0 Å². The third-order valence-electron chi connectivity index (χ3n) is 4.93. The third-order valence-corrected chi connectivity index (χ3v) is 5.28. The van der Waals surface area contributed by atoms with Gasteiger partial charge in [0, 0.05) is 43.0 Å². The molecule has 3 aromatic rings. The van der Waals surface area contributed by atoms with Crippen LogP contribution < -0.4 is 10.2 Å². The van der Waals surface area contributed by atoms with Crippen molar-refractivity contribution in [1.29, 1.82) is 0 Å². The van der Waals surface area contributed by atoms with Crippen molar-refractivity contribution < 1.29 is 9.18 Å². The molecule has 4 rings (SSSR count). The molecule has 0 aliphatic carbocycles. The molecule has 2 aromatic heterocycles. The second kappa shape index (κ2) is 9.04. The number of rotatable bonds is 5. The van der Waals surface area contributed by atoms with Crippen molar-refractivity contribution in [2.75, 3.05) is 36.4 Å². The monoisotopic (exact) mass is 426 g/mol. The van der Waals surface area contributed by atoms with Gasteiger partial charge in [-0.15, -0.1) is 10.2 Å². The summed E-state index contributed by atoms with van der Waals surface area (Å²) in [5.74, 6) is 0.784. The molecule has 1 aliphatic rings. The van der Waals surface area contributed by atoms with Gasteiger partial charge in [-0.3, -0.25) is 9.78 Å². The van der Waals surface area contributed by atoms with Crippen molar-refractivity contribution >= 4 is 34.8 Å². The zero-order chi connectivity index (χ0) is 20.9. The van der Waals surface area contributed by atoms with Gasteiger partial charge in [-0.1, -0.05) is 17.7 Å². The van der Waals surface area contributed by atoms with E-state index in [0.717, 1.165) is 11.5 Å². The lowest BCUT2D eigenvalue weighted by Gasteiger charge is -2.35. The first kappa shape index (κ1) is 20.0. The minimum absolute atomic E-state index is 0.0416. The zero-order valence-corrected chi connectivity index (χ0v) is 16.9. The van der Waals surface area contributed by atoms with Crippen LogP contribution in [0.2, 0.25) is 5.02 Å². The number of amides is 1. The number of nitrogens with zero attached hydrogens (tertiary/aromatic N) is 5. The number of anilines is 3. The summed E-state index contributed by atoms with van der Waals surface area (Å²) in [6, 6.07) is 11.9. The fourth-order valence-corrected chi connectivity index (χ4v) is 3.52. The van der Waals surface area contributed by atoms with Crippen molar-refractivity contribution in [3.8, 4) is 0 Å². The van der Waals surface area contributed by atoms with Crippen LogP contribution in [-0.2, 0) is 11.2 Å². The molecule has 0 radical (unpaired) electrons. The van der Waals surface area contributed by atoms with Crippen LogP contribution in [-0.4, -0.2) is 52.2 Å². The van der Waals surface area contributed by atoms with Gasteiger partial charge in [0.1, 0.15) is 5.82 Å². The highest BCUT2D eigenvalue weighted by molar-refractivity contribution is 6.31. The predicted molar refractivity (Wildman–Crippen MR) is 113 cm³/mol. The molecule has 1 saturated heterocycles. The molecule has 0 saturated carbocycles. The largest absolute Gasteiger partial charge is 0.352 e. The van der Waals surface area contributed by atoms with Crippen LogP contribution in [0.5, 0.6) is 0 Å². The minimum atomic E-state index is -0.454. The van der Waals surface area contributed by atoms with Crippen LogP contribution >= 0.6 is 11.6 Å². The number of hydrogen-bond donors (Lipinski definition) is 1. The lowest BCUT2D eigenvalue weighted by Crippen LogP contribution is -2.49. The molecule has 1 aliphatic heterocycles. The molecule has 154 valence electrons. The second-order valence-corrected chi connectivity index (χ2v) is 7.30. The van der Waals surface area contributed by atoms with Crippen LogP contribution in [0, 0.1) is 5.82 Å². The maximum absolute atomic E-state index is 13.9. The van der Waals surface area contributed by atoms with Crippen molar-refractivity contribution in [2.45, 2.75) is 6.42 Å². The first-order valence-electron chi connectivity index (χ1n) is 9.56. The summed E-state index contributed by atoms with van der Waals surface area (Å²) in [7, 11) is 0. The number of hydrogen-bond acceptors (Lipinski definition) is 6. The fourth-order valence-electron chi connectivity index (χ4n) is 3.29. The van der Waals surface area contributed by atoms with Crippen LogP contribution in [0.25, 0.3) is 0 Å². The number of nitrogens with one attached hydrogen (secondary N) is 1. The Morgan fingerprint density at radius 3 is 2.57 bits per heavy atom. The third kappa shape index (κ3) is 4.65. The zero-order valence-electron chi connectivity index (χ0n) is 16.1. The quantitative estimate of drug-likeness (QED) is 0.674. The van der Waals surface area contributed by atoms with Crippen LogP contribution in [0.3, 0.4) is 0 Å². The van der Waals surface area contributed by atoms with Gasteiger partial charge in [0.2, 0.25) is 5.91 Å².